The Morgan fingerprint density at radius 1 is 1.56 bits per heavy atom. The quantitative estimate of drug-likeness (QED) is 0.422. The molecule has 0 amide bonds. The van der Waals surface area contributed by atoms with Gasteiger partial charge in [-0.2, -0.15) is 0 Å². The minimum atomic E-state index is 0. The van der Waals surface area contributed by atoms with E-state index in [9.17, 15) is 0 Å². The zero-order chi connectivity index (χ0) is 6.41. The molecule has 0 aromatic carbocycles. The first-order valence-corrected chi connectivity index (χ1v) is 2.96. The van der Waals surface area contributed by atoms with Crippen molar-refractivity contribution in [3.8, 4) is 0 Å². The van der Waals surface area contributed by atoms with Crippen LogP contribution in [0.5, 0.6) is 0 Å². The van der Waals surface area contributed by atoms with Gasteiger partial charge in [-0.1, -0.05) is 19.9 Å². The molecular formula is C7H15FO. The maximum atomic E-state index is 5.13. The predicted octanol–water partition coefficient (Wildman–Crippen LogP) is 2.00. The average molecular weight is 134 g/mol. The van der Waals surface area contributed by atoms with Crippen molar-refractivity contribution in [1.29, 1.82) is 0 Å². The largest absolute Gasteiger partial charge is 0.377 e. The maximum absolute atomic E-state index is 5.13. The summed E-state index contributed by atoms with van der Waals surface area (Å²) >= 11 is 0. The lowest BCUT2D eigenvalue weighted by molar-refractivity contribution is 0.135. The molecule has 0 bridgehead atoms. The molecule has 0 aromatic rings. The van der Waals surface area contributed by atoms with E-state index < -0.39 is 0 Å². The second kappa shape index (κ2) is 7.63. The Bertz CT molecular complexity index is 61.9. The van der Waals surface area contributed by atoms with E-state index in [1.54, 1.807) is 6.08 Å². The van der Waals surface area contributed by atoms with Gasteiger partial charge in [0.2, 0.25) is 0 Å². The highest BCUT2D eigenvalue weighted by Crippen LogP contribution is 1.90. The Kier molecular flexibility index (Phi) is 9.69. The van der Waals surface area contributed by atoms with Crippen molar-refractivity contribution in [3.05, 3.63) is 12.7 Å². The Morgan fingerprint density at radius 2 is 2.11 bits per heavy atom. The van der Waals surface area contributed by atoms with E-state index in [1.165, 1.54) is 0 Å². The highest BCUT2D eigenvalue weighted by atomic mass is 19.0. The van der Waals surface area contributed by atoms with Gasteiger partial charge in [0.1, 0.15) is 0 Å². The molecular weight excluding hydrogens is 119 g/mol. The molecule has 0 spiro atoms. The van der Waals surface area contributed by atoms with Crippen LogP contribution in [-0.2, 0) is 4.74 Å². The number of rotatable bonds is 4. The number of hydrogen-bond donors (Lipinski definition) is 0. The van der Waals surface area contributed by atoms with Crippen LogP contribution in [0, 0.1) is 5.92 Å². The van der Waals surface area contributed by atoms with Crippen molar-refractivity contribution >= 4 is 0 Å². The standard InChI is InChI=1S/C7H14O.FH/c1-4-5-8-6-7(2)3;/h4,7H,1,5-6H2,2-3H3;1H. The van der Waals surface area contributed by atoms with Crippen LogP contribution in [0.2, 0.25) is 0 Å². The van der Waals surface area contributed by atoms with Crippen LogP contribution in [0.25, 0.3) is 0 Å². The van der Waals surface area contributed by atoms with E-state index in [4.69, 9.17) is 4.74 Å². The summed E-state index contributed by atoms with van der Waals surface area (Å²) in [5.41, 5.74) is 0. The highest BCUT2D eigenvalue weighted by molar-refractivity contribution is 4.63. The minimum Gasteiger partial charge on any atom is -0.377 e. The highest BCUT2D eigenvalue weighted by Gasteiger charge is 1.89. The first-order chi connectivity index (χ1) is 3.77. The number of halogens is 1. The van der Waals surface area contributed by atoms with Crippen molar-refractivity contribution in [1.82, 2.24) is 0 Å². The maximum Gasteiger partial charge on any atom is 0.0644 e. The summed E-state index contributed by atoms with van der Waals surface area (Å²) in [4.78, 5) is 0. The van der Waals surface area contributed by atoms with Crippen LogP contribution in [0.4, 0.5) is 4.70 Å². The average Bonchev–Trinajstić information content (AvgIpc) is 1.66. The zero-order valence-corrected chi connectivity index (χ0v) is 6.09. The molecule has 1 nitrogen and oxygen atoms in total. The van der Waals surface area contributed by atoms with Crippen LogP contribution < -0.4 is 0 Å². The van der Waals surface area contributed by atoms with E-state index in [1.807, 2.05) is 0 Å². The second-order valence-corrected chi connectivity index (χ2v) is 2.22. The SMILES string of the molecule is C=CCOCC(C)C.F. The smallest absolute Gasteiger partial charge is 0.0644 e. The molecule has 0 aromatic heterocycles. The Balaban J connectivity index is 0. The molecule has 0 saturated carbocycles. The molecule has 0 atom stereocenters. The van der Waals surface area contributed by atoms with Gasteiger partial charge in [0, 0.05) is 6.61 Å². The summed E-state index contributed by atoms with van der Waals surface area (Å²) in [6, 6.07) is 0. The number of hydrogen-bond acceptors (Lipinski definition) is 1. The summed E-state index contributed by atoms with van der Waals surface area (Å²) < 4.78 is 5.13. The van der Waals surface area contributed by atoms with Gasteiger partial charge in [-0.3, -0.25) is 4.70 Å². The van der Waals surface area contributed by atoms with Crippen LogP contribution in [0.3, 0.4) is 0 Å². The van der Waals surface area contributed by atoms with Gasteiger partial charge in [0.05, 0.1) is 6.61 Å². The van der Waals surface area contributed by atoms with E-state index in [-0.39, 0.29) is 4.70 Å². The molecule has 0 radical (unpaired) electrons. The molecule has 0 aliphatic rings. The fourth-order valence-corrected chi connectivity index (χ4v) is 0.387. The fraction of sp³-hybridized carbons (Fsp3) is 0.714. The van der Waals surface area contributed by atoms with Gasteiger partial charge < -0.3 is 4.74 Å². The third-order valence-electron chi connectivity index (χ3n) is 0.687. The van der Waals surface area contributed by atoms with Crippen molar-refractivity contribution in [2.75, 3.05) is 13.2 Å². The van der Waals surface area contributed by atoms with Gasteiger partial charge in [0.15, 0.2) is 0 Å². The minimum absolute atomic E-state index is 0. The van der Waals surface area contributed by atoms with Crippen LogP contribution in [0.1, 0.15) is 13.8 Å². The summed E-state index contributed by atoms with van der Waals surface area (Å²) in [5.74, 6) is 0.634. The summed E-state index contributed by atoms with van der Waals surface area (Å²) in [6.07, 6.45) is 1.77. The molecule has 56 valence electrons. The normalized spacial score (nSPS) is 8.78. The van der Waals surface area contributed by atoms with E-state index in [0.29, 0.717) is 12.5 Å². The third-order valence-corrected chi connectivity index (χ3v) is 0.687. The first kappa shape index (κ1) is 11.4. The molecule has 0 unspecified atom stereocenters. The molecule has 0 N–H and O–H groups in total. The zero-order valence-electron chi connectivity index (χ0n) is 6.09. The van der Waals surface area contributed by atoms with Gasteiger partial charge in [-0.05, 0) is 5.92 Å². The summed E-state index contributed by atoms with van der Waals surface area (Å²) in [5, 5.41) is 0. The van der Waals surface area contributed by atoms with Gasteiger partial charge in [-0.25, -0.2) is 0 Å². The van der Waals surface area contributed by atoms with E-state index in [0.717, 1.165) is 6.61 Å². The van der Waals surface area contributed by atoms with E-state index in [2.05, 4.69) is 20.4 Å². The summed E-state index contributed by atoms with van der Waals surface area (Å²) in [7, 11) is 0. The van der Waals surface area contributed by atoms with Crippen molar-refractivity contribution < 1.29 is 9.44 Å². The Labute approximate surface area is 56.1 Å². The molecule has 0 fully saturated rings. The van der Waals surface area contributed by atoms with Crippen molar-refractivity contribution in [2.24, 2.45) is 5.92 Å². The molecule has 0 rings (SSSR count). The fourth-order valence-electron chi connectivity index (χ4n) is 0.387. The van der Waals surface area contributed by atoms with Gasteiger partial charge in [-0.15, -0.1) is 6.58 Å². The molecule has 2 heteroatoms. The Hall–Kier alpha value is -0.370. The van der Waals surface area contributed by atoms with Gasteiger partial charge in [0.25, 0.3) is 0 Å². The molecule has 9 heavy (non-hydrogen) atoms. The summed E-state index contributed by atoms with van der Waals surface area (Å²) in [6.45, 7) is 9.31. The predicted molar refractivity (Wildman–Crippen MR) is 38.4 cm³/mol. The lowest BCUT2D eigenvalue weighted by Crippen LogP contribution is -2.00. The van der Waals surface area contributed by atoms with Crippen LogP contribution in [-0.4, -0.2) is 13.2 Å². The van der Waals surface area contributed by atoms with E-state index >= 15 is 0 Å². The number of ether oxygens (including phenoxy) is 1. The van der Waals surface area contributed by atoms with Crippen LogP contribution >= 0.6 is 0 Å². The third kappa shape index (κ3) is 11.3. The topological polar surface area (TPSA) is 9.23 Å². The lowest BCUT2D eigenvalue weighted by Gasteiger charge is -2.02. The second-order valence-electron chi connectivity index (χ2n) is 2.22. The van der Waals surface area contributed by atoms with Crippen molar-refractivity contribution in [3.63, 3.8) is 0 Å². The Morgan fingerprint density at radius 3 is 2.44 bits per heavy atom. The lowest BCUT2D eigenvalue weighted by atomic mass is 10.2. The molecule has 0 saturated heterocycles. The molecule has 0 aliphatic carbocycles. The van der Waals surface area contributed by atoms with Crippen molar-refractivity contribution in [2.45, 2.75) is 13.8 Å². The molecule has 0 heterocycles. The monoisotopic (exact) mass is 134 g/mol. The van der Waals surface area contributed by atoms with Gasteiger partial charge >= 0.3 is 0 Å². The first-order valence-electron chi connectivity index (χ1n) is 2.96. The molecule has 0 aliphatic heterocycles. The van der Waals surface area contributed by atoms with Crippen LogP contribution in [0.15, 0.2) is 12.7 Å².